The van der Waals surface area contributed by atoms with Crippen molar-refractivity contribution in [3.05, 3.63) is 58.6 Å². The summed E-state index contributed by atoms with van der Waals surface area (Å²) in [5, 5.41) is 5.93. The van der Waals surface area contributed by atoms with Gasteiger partial charge >= 0.3 is 6.09 Å². The Labute approximate surface area is 147 Å². The Morgan fingerprint density at radius 2 is 2.27 bits per heavy atom. The Morgan fingerprint density at radius 3 is 3.08 bits per heavy atom. The van der Waals surface area contributed by atoms with Gasteiger partial charge in [0.15, 0.2) is 0 Å². The lowest BCUT2D eigenvalue weighted by atomic mass is 10.2. The second kappa shape index (κ2) is 6.69. The van der Waals surface area contributed by atoms with Gasteiger partial charge in [0, 0.05) is 23.4 Å². The number of amides is 1. The second-order valence-corrected chi connectivity index (χ2v) is 5.88. The minimum atomic E-state index is -0.689. The Bertz CT molecular complexity index is 1020. The Morgan fingerprint density at radius 1 is 1.38 bits per heavy atom. The molecule has 0 bridgehead atoms. The van der Waals surface area contributed by atoms with Crippen LogP contribution in [0.4, 0.5) is 10.6 Å². The monoisotopic (exact) mass is 350 g/mol. The minimum Gasteiger partial charge on any atom is -0.391 e. The third-order valence-electron chi connectivity index (χ3n) is 3.96. The van der Waals surface area contributed by atoms with Crippen LogP contribution in [0.1, 0.15) is 30.0 Å². The number of nitrogens with zero attached hydrogens (tertiary/aromatic N) is 7. The number of nitrogens with one attached hydrogen (secondary N) is 1. The molecule has 0 aliphatic heterocycles. The van der Waals surface area contributed by atoms with Crippen LogP contribution >= 0.6 is 0 Å². The SMILES string of the molecule is [N-]=[N+]=Nc1cc(OC(=O)NCc2cn3cc(C4CC4)ccc3n2)ncn1. The van der Waals surface area contributed by atoms with Crippen LogP contribution in [0.3, 0.4) is 0 Å². The molecular formula is C16H14N8O2. The summed E-state index contributed by atoms with van der Waals surface area (Å²) in [5.41, 5.74) is 11.2. The summed E-state index contributed by atoms with van der Waals surface area (Å²) in [6, 6.07) is 5.35. The van der Waals surface area contributed by atoms with Crippen LogP contribution in [-0.4, -0.2) is 25.4 Å². The van der Waals surface area contributed by atoms with Crippen molar-refractivity contribution in [2.45, 2.75) is 25.3 Å². The maximum Gasteiger partial charge on any atom is 0.414 e. The molecule has 3 heterocycles. The van der Waals surface area contributed by atoms with E-state index in [0.29, 0.717) is 11.6 Å². The number of aromatic nitrogens is 4. The normalized spacial score (nSPS) is 13.2. The molecule has 0 atom stereocenters. The van der Waals surface area contributed by atoms with E-state index in [1.165, 1.54) is 24.5 Å². The average Bonchev–Trinajstić information content (AvgIpc) is 3.40. The quantitative estimate of drug-likeness (QED) is 0.429. The van der Waals surface area contributed by atoms with Gasteiger partial charge in [0.2, 0.25) is 5.88 Å². The number of rotatable bonds is 5. The standard InChI is InChI=1S/C16H14N8O2/c17-23-22-13-5-15(20-9-19-13)26-16(25)18-6-12-8-24-7-11(10-1-2-10)3-4-14(24)21-12/h3-5,7-10H,1-2,6H2,(H,18,25). The molecule has 1 N–H and O–H groups in total. The zero-order valence-corrected chi connectivity index (χ0v) is 13.6. The molecule has 4 rings (SSSR count). The van der Waals surface area contributed by atoms with Gasteiger partial charge in [-0.2, -0.15) is 0 Å². The van der Waals surface area contributed by atoms with Crippen LogP contribution < -0.4 is 10.1 Å². The zero-order valence-electron chi connectivity index (χ0n) is 13.6. The first-order valence-corrected chi connectivity index (χ1v) is 8.01. The van der Waals surface area contributed by atoms with Gasteiger partial charge in [0.1, 0.15) is 17.8 Å². The van der Waals surface area contributed by atoms with Crippen molar-refractivity contribution in [2.75, 3.05) is 0 Å². The summed E-state index contributed by atoms with van der Waals surface area (Å²) in [4.78, 5) is 26.5. The molecule has 10 nitrogen and oxygen atoms in total. The van der Waals surface area contributed by atoms with Crippen molar-refractivity contribution in [2.24, 2.45) is 5.11 Å². The zero-order chi connectivity index (χ0) is 17.9. The maximum absolute atomic E-state index is 11.9. The van der Waals surface area contributed by atoms with Crippen LogP contribution in [0.15, 0.2) is 42.0 Å². The number of carbonyl (C=O) groups is 1. The highest BCUT2D eigenvalue weighted by atomic mass is 16.6. The molecular weight excluding hydrogens is 336 g/mol. The fraction of sp³-hybridized carbons (Fsp3) is 0.250. The molecule has 0 saturated heterocycles. The molecule has 3 aromatic heterocycles. The number of azide groups is 1. The predicted octanol–water partition coefficient (Wildman–Crippen LogP) is 3.23. The van der Waals surface area contributed by atoms with Crippen LogP contribution in [0.5, 0.6) is 5.88 Å². The molecule has 3 aromatic rings. The van der Waals surface area contributed by atoms with E-state index in [1.54, 1.807) is 0 Å². The van der Waals surface area contributed by atoms with Gasteiger partial charge in [-0.3, -0.25) is 0 Å². The van der Waals surface area contributed by atoms with E-state index >= 15 is 0 Å². The van der Waals surface area contributed by atoms with Crippen molar-refractivity contribution in [3.63, 3.8) is 0 Å². The highest BCUT2D eigenvalue weighted by molar-refractivity contribution is 5.69. The van der Waals surface area contributed by atoms with Gasteiger partial charge < -0.3 is 14.5 Å². The number of carbonyl (C=O) groups excluding carboxylic acids is 1. The number of pyridine rings is 1. The number of fused-ring (bicyclic) bond motifs is 1. The minimum absolute atomic E-state index is 0.0102. The number of imidazole rings is 1. The summed E-state index contributed by atoms with van der Waals surface area (Å²) in [7, 11) is 0. The molecule has 1 amide bonds. The average molecular weight is 350 g/mol. The van der Waals surface area contributed by atoms with E-state index in [9.17, 15) is 4.79 Å². The van der Waals surface area contributed by atoms with Crippen LogP contribution in [0.2, 0.25) is 0 Å². The van der Waals surface area contributed by atoms with Gasteiger partial charge in [0.05, 0.1) is 12.2 Å². The third-order valence-corrected chi connectivity index (χ3v) is 3.96. The molecule has 0 unspecified atom stereocenters. The van der Waals surface area contributed by atoms with Gasteiger partial charge in [-0.05, 0) is 41.0 Å². The van der Waals surface area contributed by atoms with E-state index in [-0.39, 0.29) is 18.2 Å². The summed E-state index contributed by atoms with van der Waals surface area (Å²) < 4.78 is 7.00. The van der Waals surface area contributed by atoms with E-state index < -0.39 is 6.09 Å². The van der Waals surface area contributed by atoms with E-state index in [1.807, 2.05) is 16.7 Å². The highest BCUT2D eigenvalue weighted by Gasteiger charge is 2.23. The summed E-state index contributed by atoms with van der Waals surface area (Å²) in [5.74, 6) is 0.725. The second-order valence-electron chi connectivity index (χ2n) is 5.88. The molecule has 0 radical (unpaired) electrons. The third kappa shape index (κ3) is 3.55. The van der Waals surface area contributed by atoms with E-state index in [2.05, 4.69) is 42.6 Å². The molecule has 0 spiro atoms. The molecule has 0 aromatic carbocycles. The van der Waals surface area contributed by atoms with Gasteiger partial charge in [-0.15, -0.1) is 0 Å². The predicted molar refractivity (Wildman–Crippen MR) is 90.9 cm³/mol. The van der Waals surface area contributed by atoms with Gasteiger partial charge in [-0.25, -0.2) is 19.7 Å². The molecule has 1 fully saturated rings. The molecule has 10 heteroatoms. The Kier molecular flexibility index (Phi) is 4.08. The Balaban J connectivity index is 1.38. The molecule has 1 saturated carbocycles. The van der Waals surface area contributed by atoms with E-state index in [0.717, 1.165) is 12.0 Å². The highest BCUT2D eigenvalue weighted by Crippen LogP contribution is 2.39. The molecule has 26 heavy (non-hydrogen) atoms. The van der Waals surface area contributed by atoms with Crippen molar-refractivity contribution >= 4 is 17.6 Å². The summed E-state index contributed by atoms with van der Waals surface area (Å²) in [6.45, 7) is 0.216. The number of ether oxygens (including phenoxy) is 1. The van der Waals surface area contributed by atoms with Crippen LogP contribution in [-0.2, 0) is 6.54 Å². The summed E-state index contributed by atoms with van der Waals surface area (Å²) in [6.07, 6.45) is 6.90. The Hall–Kier alpha value is -3.65. The fourth-order valence-electron chi connectivity index (χ4n) is 2.58. The molecule has 1 aliphatic carbocycles. The maximum atomic E-state index is 11.9. The first-order chi connectivity index (χ1) is 12.7. The van der Waals surface area contributed by atoms with Crippen molar-refractivity contribution in [3.8, 4) is 5.88 Å². The lowest BCUT2D eigenvalue weighted by Gasteiger charge is -2.04. The molecule has 1 aliphatic rings. The topological polar surface area (TPSA) is 130 Å². The fourth-order valence-corrected chi connectivity index (χ4v) is 2.58. The van der Waals surface area contributed by atoms with Crippen LogP contribution in [0.25, 0.3) is 16.1 Å². The summed E-state index contributed by atoms with van der Waals surface area (Å²) >= 11 is 0. The smallest absolute Gasteiger partial charge is 0.391 e. The van der Waals surface area contributed by atoms with Crippen molar-refractivity contribution < 1.29 is 9.53 Å². The van der Waals surface area contributed by atoms with Crippen LogP contribution in [0, 0.1) is 0 Å². The van der Waals surface area contributed by atoms with Gasteiger partial charge in [-0.1, -0.05) is 6.07 Å². The first-order valence-electron chi connectivity index (χ1n) is 8.01. The molecule has 130 valence electrons. The van der Waals surface area contributed by atoms with Crippen molar-refractivity contribution in [1.82, 2.24) is 24.7 Å². The lowest BCUT2D eigenvalue weighted by Crippen LogP contribution is -2.26. The number of hydrogen-bond acceptors (Lipinski definition) is 6. The van der Waals surface area contributed by atoms with E-state index in [4.69, 9.17) is 10.3 Å². The lowest BCUT2D eigenvalue weighted by molar-refractivity contribution is 0.198. The van der Waals surface area contributed by atoms with Gasteiger partial charge in [0.25, 0.3) is 0 Å². The number of hydrogen-bond donors (Lipinski definition) is 1. The first kappa shape index (κ1) is 15.9. The van der Waals surface area contributed by atoms with Crippen molar-refractivity contribution in [1.29, 1.82) is 0 Å². The largest absolute Gasteiger partial charge is 0.414 e.